The Morgan fingerprint density at radius 2 is 1.63 bits per heavy atom. The molecule has 0 spiro atoms. The van der Waals surface area contributed by atoms with Gasteiger partial charge in [0.15, 0.2) is 5.76 Å². The first kappa shape index (κ1) is 23.8. The van der Waals surface area contributed by atoms with Gasteiger partial charge in [0.2, 0.25) is 0 Å². The maximum absolute atomic E-state index is 12.9. The van der Waals surface area contributed by atoms with Crippen molar-refractivity contribution in [2.45, 2.75) is 33.3 Å². The zero-order valence-electron chi connectivity index (χ0n) is 20.2. The predicted octanol–water partition coefficient (Wildman–Crippen LogP) is 4.09. The average Bonchev–Trinajstić information content (AvgIpc) is 3.55. The standard InChI is InChI=1S/C25H28N6O4/c1-5-6-17-7-9-18(10-8-17)34-15-19-11-12-22(35-19)24(32)29-21-14-27-31(4)23(21)25(33)28-20-13-26-30(3)16(20)2/h7-14H,5-6,15H2,1-4H3,(H,28,33)(H,29,32). The van der Waals surface area contributed by atoms with Crippen molar-refractivity contribution in [2.24, 2.45) is 14.1 Å². The number of ether oxygens (including phenoxy) is 1. The lowest BCUT2D eigenvalue weighted by Gasteiger charge is -2.08. The van der Waals surface area contributed by atoms with Gasteiger partial charge < -0.3 is 19.8 Å². The van der Waals surface area contributed by atoms with Gasteiger partial charge in [-0.05, 0) is 43.2 Å². The van der Waals surface area contributed by atoms with Crippen LogP contribution in [-0.2, 0) is 27.1 Å². The average molecular weight is 477 g/mol. The fourth-order valence-corrected chi connectivity index (χ4v) is 3.56. The molecule has 0 saturated heterocycles. The second-order valence-corrected chi connectivity index (χ2v) is 8.15. The Morgan fingerprint density at radius 1 is 0.943 bits per heavy atom. The van der Waals surface area contributed by atoms with Gasteiger partial charge in [-0.15, -0.1) is 0 Å². The quantitative estimate of drug-likeness (QED) is 0.376. The van der Waals surface area contributed by atoms with E-state index in [9.17, 15) is 9.59 Å². The number of rotatable bonds is 9. The van der Waals surface area contributed by atoms with Crippen molar-refractivity contribution < 1.29 is 18.7 Å². The Hall–Kier alpha value is -4.34. The molecule has 4 rings (SSSR count). The number of carbonyl (C=O) groups is 2. The number of furan rings is 1. The molecule has 10 nitrogen and oxygen atoms in total. The molecule has 35 heavy (non-hydrogen) atoms. The Balaban J connectivity index is 1.39. The molecule has 10 heteroatoms. The molecule has 1 aromatic carbocycles. The molecule has 0 bridgehead atoms. The Kier molecular flexibility index (Phi) is 7.00. The molecule has 2 amide bonds. The Morgan fingerprint density at radius 3 is 2.31 bits per heavy atom. The van der Waals surface area contributed by atoms with Crippen LogP contribution in [-0.4, -0.2) is 31.4 Å². The van der Waals surface area contributed by atoms with Gasteiger partial charge in [-0.25, -0.2) is 0 Å². The van der Waals surface area contributed by atoms with Crippen LogP contribution in [0, 0.1) is 6.92 Å². The Bertz CT molecular complexity index is 1330. The topological polar surface area (TPSA) is 116 Å². The van der Waals surface area contributed by atoms with Gasteiger partial charge >= 0.3 is 0 Å². The van der Waals surface area contributed by atoms with E-state index in [4.69, 9.17) is 9.15 Å². The van der Waals surface area contributed by atoms with Crippen LogP contribution >= 0.6 is 0 Å². The minimum atomic E-state index is -0.500. The molecule has 0 aliphatic carbocycles. The van der Waals surface area contributed by atoms with E-state index in [1.54, 1.807) is 37.1 Å². The molecular weight excluding hydrogens is 448 g/mol. The zero-order chi connectivity index (χ0) is 24.9. The summed E-state index contributed by atoms with van der Waals surface area (Å²) >= 11 is 0. The third kappa shape index (κ3) is 5.43. The summed E-state index contributed by atoms with van der Waals surface area (Å²) in [7, 11) is 3.41. The highest BCUT2D eigenvalue weighted by molar-refractivity contribution is 6.11. The van der Waals surface area contributed by atoms with Gasteiger partial charge in [0.05, 0.1) is 29.5 Å². The van der Waals surface area contributed by atoms with Crippen molar-refractivity contribution in [2.75, 3.05) is 10.6 Å². The highest BCUT2D eigenvalue weighted by atomic mass is 16.5. The number of aromatic nitrogens is 4. The van der Waals surface area contributed by atoms with Crippen LogP contribution in [0.25, 0.3) is 0 Å². The lowest BCUT2D eigenvalue weighted by Crippen LogP contribution is -2.20. The summed E-state index contributed by atoms with van der Waals surface area (Å²) in [4.78, 5) is 25.7. The maximum atomic E-state index is 12.9. The van der Waals surface area contributed by atoms with E-state index in [-0.39, 0.29) is 23.7 Å². The molecule has 3 heterocycles. The Labute approximate surface area is 202 Å². The van der Waals surface area contributed by atoms with Crippen molar-refractivity contribution in [1.29, 1.82) is 0 Å². The molecular formula is C25H28N6O4. The molecule has 0 aliphatic heterocycles. The number of nitrogens with zero attached hydrogens (tertiary/aromatic N) is 4. The van der Waals surface area contributed by atoms with Crippen molar-refractivity contribution in [1.82, 2.24) is 19.6 Å². The van der Waals surface area contributed by atoms with E-state index in [0.717, 1.165) is 24.3 Å². The molecule has 2 N–H and O–H groups in total. The number of hydrogen-bond acceptors (Lipinski definition) is 6. The van der Waals surface area contributed by atoms with Gasteiger partial charge in [0.1, 0.15) is 23.8 Å². The van der Waals surface area contributed by atoms with Crippen LogP contribution in [0.5, 0.6) is 5.75 Å². The van der Waals surface area contributed by atoms with E-state index < -0.39 is 11.8 Å². The van der Waals surface area contributed by atoms with E-state index in [1.165, 1.54) is 16.4 Å². The van der Waals surface area contributed by atoms with Gasteiger partial charge in [-0.3, -0.25) is 19.0 Å². The number of benzene rings is 1. The van der Waals surface area contributed by atoms with Crippen LogP contribution in [0.2, 0.25) is 0 Å². The van der Waals surface area contributed by atoms with Crippen molar-refractivity contribution in [3.05, 3.63) is 77.3 Å². The fraction of sp³-hybridized carbons (Fsp3) is 0.280. The lowest BCUT2D eigenvalue weighted by molar-refractivity contribution is 0.0992. The summed E-state index contributed by atoms with van der Waals surface area (Å²) in [5.41, 5.74) is 3.09. The summed E-state index contributed by atoms with van der Waals surface area (Å²) in [5, 5.41) is 13.7. The molecule has 4 aromatic rings. The van der Waals surface area contributed by atoms with Crippen LogP contribution in [0.1, 0.15) is 51.4 Å². The summed E-state index contributed by atoms with van der Waals surface area (Å²) < 4.78 is 14.5. The van der Waals surface area contributed by atoms with Crippen molar-refractivity contribution in [3.63, 3.8) is 0 Å². The monoisotopic (exact) mass is 476 g/mol. The third-order valence-electron chi connectivity index (χ3n) is 5.61. The number of nitrogens with one attached hydrogen (secondary N) is 2. The van der Waals surface area contributed by atoms with E-state index in [2.05, 4.69) is 27.8 Å². The highest BCUT2D eigenvalue weighted by Crippen LogP contribution is 2.21. The van der Waals surface area contributed by atoms with Gasteiger partial charge in [0, 0.05) is 14.1 Å². The smallest absolute Gasteiger partial charge is 0.291 e. The number of hydrogen-bond donors (Lipinski definition) is 2. The van der Waals surface area contributed by atoms with E-state index in [1.807, 2.05) is 31.2 Å². The van der Waals surface area contributed by atoms with Crippen molar-refractivity contribution in [3.8, 4) is 5.75 Å². The highest BCUT2D eigenvalue weighted by Gasteiger charge is 2.22. The molecule has 0 fully saturated rings. The number of carbonyl (C=O) groups excluding carboxylic acids is 2. The van der Waals surface area contributed by atoms with Crippen LogP contribution in [0.3, 0.4) is 0 Å². The fourth-order valence-electron chi connectivity index (χ4n) is 3.56. The minimum absolute atomic E-state index is 0.0974. The van der Waals surface area contributed by atoms with Crippen LogP contribution in [0.4, 0.5) is 11.4 Å². The summed E-state index contributed by atoms with van der Waals surface area (Å²) in [5.74, 6) is 0.404. The molecule has 0 atom stereocenters. The number of aryl methyl sites for hydroxylation is 3. The summed E-state index contributed by atoms with van der Waals surface area (Å²) in [6.45, 7) is 4.17. The van der Waals surface area contributed by atoms with Crippen LogP contribution < -0.4 is 15.4 Å². The number of amides is 2. The molecule has 0 unspecified atom stereocenters. The second kappa shape index (κ2) is 10.3. The first-order valence-corrected chi connectivity index (χ1v) is 11.3. The first-order chi connectivity index (χ1) is 16.9. The minimum Gasteiger partial charge on any atom is -0.486 e. The normalized spacial score (nSPS) is 10.9. The van der Waals surface area contributed by atoms with E-state index >= 15 is 0 Å². The second-order valence-electron chi connectivity index (χ2n) is 8.15. The van der Waals surface area contributed by atoms with Gasteiger partial charge in [0.25, 0.3) is 11.8 Å². The van der Waals surface area contributed by atoms with Crippen molar-refractivity contribution >= 4 is 23.2 Å². The van der Waals surface area contributed by atoms with Gasteiger partial charge in [-0.2, -0.15) is 10.2 Å². The van der Waals surface area contributed by atoms with E-state index in [0.29, 0.717) is 11.4 Å². The zero-order valence-corrected chi connectivity index (χ0v) is 20.2. The molecule has 3 aromatic heterocycles. The van der Waals surface area contributed by atoms with Crippen LogP contribution in [0.15, 0.2) is 53.2 Å². The third-order valence-corrected chi connectivity index (χ3v) is 5.61. The van der Waals surface area contributed by atoms with Gasteiger partial charge in [-0.1, -0.05) is 25.5 Å². The first-order valence-electron chi connectivity index (χ1n) is 11.3. The maximum Gasteiger partial charge on any atom is 0.291 e. The number of anilines is 2. The summed E-state index contributed by atoms with van der Waals surface area (Å²) in [6, 6.07) is 11.2. The molecule has 0 radical (unpaired) electrons. The largest absolute Gasteiger partial charge is 0.486 e. The summed E-state index contributed by atoms with van der Waals surface area (Å²) in [6.07, 6.45) is 5.10. The molecule has 0 saturated carbocycles. The lowest BCUT2D eigenvalue weighted by atomic mass is 10.1. The molecule has 0 aliphatic rings. The SMILES string of the molecule is CCCc1ccc(OCc2ccc(C(=O)Nc3cnn(C)c3C(=O)Nc3cnn(C)c3C)o2)cc1. The molecule has 182 valence electrons. The predicted molar refractivity (Wildman–Crippen MR) is 131 cm³/mol.